The molecule has 1 aromatic carbocycles. The Kier molecular flexibility index (Phi) is 4.88. The van der Waals surface area contributed by atoms with Crippen LogP contribution in [-0.2, 0) is 6.54 Å². The van der Waals surface area contributed by atoms with E-state index in [1.54, 1.807) is 6.07 Å². The van der Waals surface area contributed by atoms with E-state index in [9.17, 15) is 0 Å². The smallest absolute Gasteiger partial charge is 0.229 e. The van der Waals surface area contributed by atoms with Gasteiger partial charge in [-0.3, -0.25) is 0 Å². The summed E-state index contributed by atoms with van der Waals surface area (Å²) in [5.41, 5.74) is 2.44. The second kappa shape index (κ2) is 7.32. The Morgan fingerprint density at radius 3 is 2.85 bits per heavy atom. The molecular formula is C18H18Cl2N6O. The summed E-state index contributed by atoms with van der Waals surface area (Å²) in [6, 6.07) is 7.40. The zero-order chi connectivity index (χ0) is 19.0. The number of hydrogen-bond acceptors (Lipinski definition) is 7. The monoisotopic (exact) mass is 404 g/mol. The van der Waals surface area contributed by atoms with Crippen LogP contribution in [0.25, 0.3) is 11.5 Å². The van der Waals surface area contributed by atoms with Gasteiger partial charge < -0.3 is 14.7 Å². The highest BCUT2D eigenvalue weighted by molar-refractivity contribution is 6.33. The fourth-order valence-electron chi connectivity index (χ4n) is 2.90. The normalized spacial score (nSPS) is 13.6. The molecule has 1 aliphatic rings. The van der Waals surface area contributed by atoms with Crippen molar-refractivity contribution < 1.29 is 4.52 Å². The molecule has 0 saturated heterocycles. The molecule has 0 unspecified atom stereocenters. The summed E-state index contributed by atoms with van der Waals surface area (Å²) in [5.74, 6) is 1.88. The van der Waals surface area contributed by atoms with Crippen LogP contribution in [0, 0.1) is 0 Å². The Labute approximate surface area is 166 Å². The number of anilines is 2. The van der Waals surface area contributed by atoms with Crippen molar-refractivity contribution in [3.8, 4) is 11.5 Å². The highest BCUT2D eigenvalue weighted by Crippen LogP contribution is 2.32. The predicted molar refractivity (Wildman–Crippen MR) is 105 cm³/mol. The highest BCUT2D eigenvalue weighted by Gasteiger charge is 2.22. The van der Waals surface area contributed by atoms with Gasteiger partial charge in [-0.05, 0) is 29.8 Å². The molecular weight excluding hydrogens is 387 g/mol. The quantitative estimate of drug-likeness (QED) is 0.690. The van der Waals surface area contributed by atoms with E-state index >= 15 is 0 Å². The third-order valence-corrected chi connectivity index (χ3v) is 4.93. The Balaban J connectivity index is 1.67. The fourth-order valence-corrected chi connectivity index (χ4v) is 3.27. The molecule has 3 heterocycles. The average molecular weight is 405 g/mol. The lowest BCUT2D eigenvalue weighted by Crippen LogP contribution is -2.34. The van der Waals surface area contributed by atoms with Crippen molar-refractivity contribution in [3.05, 3.63) is 45.8 Å². The van der Waals surface area contributed by atoms with Gasteiger partial charge in [0.05, 0.1) is 5.69 Å². The summed E-state index contributed by atoms with van der Waals surface area (Å²) < 4.78 is 5.29. The van der Waals surface area contributed by atoms with E-state index in [-0.39, 0.29) is 5.92 Å². The van der Waals surface area contributed by atoms with Gasteiger partial charge in [0.25, 0.3) is 0 Å². The molecule has 0 bridgehead atoms. The highest BCUT2D eigenvalue weighted by atomic mass is 35.5. The van der Waals surface area contributed by atoms with Crippen molar-refractivity contribution >= 4 is 34.7 Å². The van der Waals surface area contributed by atoms with Crippen molar-refractivity contribution in [1.29, 1.82) is 0 Å². The van der Waals surface area contributed by atoms with Gasteiger partial charge in [-0.25, -0.2) is 0 Å². The topological polar surface area (TPSA) is 80.0 Å². The first kappa shape index (κ1) is 18.0. The summed E-state index contributed by atoms with van der Waals surface area (Å²) in [6.07, 6.45) is 0. The van der Waals surface area contributed by atoms with E-state index in [0.29, 0.717) is 34.0 Å². The Bertz CT molecular complexity index is 974. The average Bonchev–Trinajstić information content (AvgIpc) is 3.15. The van der Waals surface area contributed by atoms with Gasteiger partial charge in [0.1, 0.15) is 5.69 Å². The van der Waals surface area contributed by atoms with E-state index in [2.05, 4.69) is 30.6 Å². The standard InChI is InChI=1S/C18H18Cl2N6O/c1-10(2)18-22-16(25-27-18)14-8-15-17(24-23-14)21-5-6-26(15)9-11-7-12(19)3-4-13(11)20/h3-4,7-8,10H,5-6,9H2,1-2H3,(H,21,24). The van der Waals surface area contributed by atoms with E-state index in [4.69, 9.17) is 27.7 Å². The van der Waals surface area contributed by atoms with Crippen LogP contribution in [-0.4, -0.2) is 33.4 Å². The van der Waals surface area contributed by atoms with Crippen LogP contribution < -0.4 is 10.2 Å². The van der Waals surface area contributed by atoms with Crippen LogP contribution in [0.5, 0.6) is 0 Å². The molecule has 0 saturated carbocycles. The lowest BCUT2D eigenvalue weighted by atomic mass is 10.1. The number of hydrogen-bond donors (Lipinski definition) is 1. The lowest BCUT2D eigenvalue weighted by Gasteiger charge is -2.31. The van der Waals surface area contributed by atoms with Crippen molar-refractivity contribution in [2.24, 2.45) is 0 Å². The van der Waals surface area contributed by atoms with Gasteiger partial charge in [-0.15, -0.1) is 10.2 Å². The molecule has 7 nitrogen and oxygen atoms in total. The molecule has 140 valence electrons. The Hall–Kier alpha value is -2.38. The first-order valence-corrected chi connectivity index (χ1v) is 9.41. The van der Waals surface area contributed by atoms with Gasteiger partial charge >= 0.3 is 0 Å². The van der Waals surface area contributed by atoms with E-state index in [0.717, 1.165) is 30.2 Å². The largest absolute Gasteiger partial charge is 0.365 e. The minimum absolute atomic E-state index is 0.153. The minimum Gasteiger partial charge on any atom is -0.365 e. The number of nitrogens with zero attached hydrogens (tertiary/aromatic N) is 5. The summed E-state index contributed by atoms with van der Waals surface area (Å²) in [7, 11) is 0. The molecule has 1 N–H and O–H groups in total. The molecule has 0 spiro atoms. The summed E-state index contributed by atoms with van der Waals surface area (Å²) in [4.78, 5) is 6.59. The molecule has 9 heteroatoms. The van der Waals surface area contributed by atoms with Crippen LogP contribution in [0.1, 0.15) is 31.2 Å². The number of rotatable bonds is 4. The van der Waals surface area contributed by atoms with Crippen LogP contribution in [0.15, 0.2) is 28.8 Å². The van der Waals surface area contributed by atoms with Gasteiger partial charge in [0, 0.05) is 35.6 Å². The molecule has 0 aliphatic carbocycles. The number of aromatic nitrogens is 4. The fraction of sp³-hybridized carbons (Fsp3) is 0.333. The molecule has 0 fully saturated rings. The van der Waals surface area contributed by atoms with Crippen LogP contribution in [0.3, 0.4) is 0 Å². The van der Waals surface area contributed by atoms with Crippen LogP contribution in [0.4, 0.5) is 11.5 Å². The van der Waals surface area contributed by atoms with Crippen molar-refractivity contribution in [1.82, 2.24) is 20.3 Å². The Morgan fingerprint density at radius 1 is 1.22 bits per heavy atom. The van der Waals surface area contributed by atoms with E-state index < -0.39 is 0 Å². The van der Waals surface area contributed by atoms with Crippen LogP contribution in [0.2, 0.25) is 10.0 Å². The molecule has 1 aliphatic heterocycles. The molecule has 3 aromatic rings. The van der Waals surface area contributed by atoms with Crippen LogP contribution >= 0.6 is 23.2 Å². The third-order valence-electron chi connectivity index (χ3n) is 4.32. The molecule has 0 radical (unpaired) electrons. The molecule has 4 rings (SSSR count). The first-order valence-electron chi connectivity index (χ1n) is 8.65. The molecule has 0 amide bonds. The Morgan fingerprint density at radius 2 is 2.07 bits per heavy atom. The summed E-state index contributed by atoms with van der Waals surface area (Å²) >= 11 is 12.5. The van der Waals surface area contributed by atoms with E-state index in [1.807, 2.05) is 32.0 Å². The van der Waals surface area contributed by atoms with Gasteiger partial charge in [0.15, 0.2) is 5.82 Å². The maximum absolute atomic E-state index is 6.34. The second-order valence-corrected chi connectivity index (χ2v) is 7.50. The van der Waals surface area contributed by atoms with Crippen molar-refractivity contribution in [2.45, 2.75) is 26.3 Å². The minimum atomic E-state index is 0.153. The van der Waals surface area contributed by atoms with Gasteiger partial charge in [0.2, 0.25) is 11.7 Å². The maximum atomic E-state index is 6.34. The summed E-state index contributed by atoms with van der Waals surface area (Å²) in [6.45, 7) is 6.17. The molecule has 0 atom stereocenters. The van der Waals surface area contributed by atoms with Crippen molar-refractivity contribution in [3.63, 3.8) is 0 Å². The molecule has 2 aromatic heterocycles. The number of nitrogens with one attached hydrogen (secondary N) is 1. The van der Waals surface area contributed by atoms with Gasteiger partial charge in [-0.1, -0.05) is 42.2 Å². The number of fused-ring (bicyclic) bond motifs is 1. The zero-order valence-electron chi connectivity index (χ0n) is 14.9. The van der Waals surface area contributed by atoms with Gasteiger partial charge in [-0.2, -0.15) is 4.98 Å². The van der Waals surface area contributed by atoms with Crippen molar-refractivity contribution in [2.75, 3.05) is 23.3 Å². The first-order chi connectivity index (χ1) is 13.0. The predicted octanol–water partition coefficient (Wildman–Crippen LogP) is 4.39. The zero-order valence-corrected chi connectivity index (χ0v) is 16.4. The SMILES string of the molecule is CC(C)c1nc(-c2cc3c(nn2)NCCN3Cc2cc(Cl)ccc2Cl)no1. The number of halogens is 2. The maximum Gasteiger partial charge on any atom is 0.229 e. The third kappa shape index (κ3) is 3.70. The molecule has 27 heavy (non-hydrogen) atoms. The summed E-state index contributed by atoms with van der Waals surface area (Å²) in [5, 5.41) is 17.2. The number of benzene rings is 1. The van der Waals surface area contributed by atoms with E-state index in [1.165, 1.54) is 0 Å². The second-order valence-electron chi connectivity index (χ2n) is 6.66. The lowest BCUT2D eigenvalue weighted by molar-refractivity contribution is 0.365.